The maximum Gasteiger partial charge on any atom is 0.277 e. The first-order valence-corrected chi connectivity index (χ1v) is 6.32. The fourth-order valence-electron chi connectivity index (χ4n) is 1.45. The van der Waals surface area contributed by atoms with Crippen LogP contribution in [0.3, 0.4) is 0 Å². The Bertz CT molecular complexity index is 607. The zero-order valence-electron chi connectivity index (χ0n) is 10.4. The minimum atomic E-state index is 0.271. The van der Waals surface area contributed by atoms with Crippen LogP contribution < -0.4 is 9.47 Å². The molecule has 1 aromatic carbocycles. The lowest BCUT2D eigenvalue weighted by Gasteiger charge is -2.07. The molecule has 0 amide bonds. The highest BCUT2D eigenvalue weighted by atomic mass is 32.2. The Balaban J connectivity index is 2.26. The molecule has 0 aliphatic rings. The van der Waals surface area contributed by atoms with Crippen molar-refractivity contribution < 1.29 is 13.9 Å². The average Bonchev–Trinajstić information content (AvgIpc) is 2.93. The molecule has 98 valence electrons. The van der Waals surface area contributed by atoms with E-state index in [0.717, 1.165) is 5.56 Å². The summed E-state index contributed by atoms with van der Waals surface area (Å²) in [6.07, 6.45) is 0. The summed E-state index contributed by atoms with van der Waals surface area (Å²) in [5.41, 5.74) is 0.731. The summed E-state index contributed by atoms with van der Waals surface area (Å²) in [4.78, 5) is 0. The van der Waals surface area contributed by atoms with Crippen molar-refractivity contribution in [2.45, 2.75) is 5.22 Å². The summed E-state index contributed by atoms with van der Waals surface area (Å²) in [6.45, 7) is 0. The summed E-state index contributed by atoms with van der Waals surface area (Å²) in [5, 5.41) is 16.6. The molecule has 0 spiro atoms. The molecule has 1 heterocycles. The smallest absolute Gasteiger partial charge is 0.277 e. The maximum absolute atomic E-state index is 8.49. The number of methoxy groups -OCH3 is 2. The maximum atomic E-state index is 8.49. The predicted molar refractivity (Wildman–Crippen MR) is 69.2 cm³/mol. The van der Waals surface area contributed by atoms with Crippen molar-refractivity contribution in [1.82, 2.24) is 10.2 Å². The minimum Gasteiger partial charge on any atom is -0.493 e. The van der Waals surface area contributed by atoms with E-state index in [9.17, 15) is 0 Å². The molecular weight excluding hydrogens is 266 g/mol. The number of benzene rings is 1. The van der Waals surface area contributed by atoms with Crippen molar-refractivity contribution in [2.75, 3.05) is 20.0 Å². The van der Waals surface area contributed by atoms with Gasteiger partial charge in [-0.25, -0.2) is 0 Å². The van der Waals surface area contributed by atoms with Crippen molar-refractivity contribution in [1.29, 1.82) is 5.26 Å². The van der Waals surface area contributed by atoms with E-state index < -0.39 is 0 Å². The van der Waals surface area contributed by atoms with Crippen LogP contribution in [0.4, 0.5) is 0 Å². The van der Waals surface area contributed by atoms with E-state index in [1.54, 1.807) is 32.4 Å². The van der Waals surface area contributed by atoms with Crippen molar-refractivity contribution >= 4 is 11.8 Å². The molecule has 0 saturated heterocycles. The van der Waals surface area contributed by atoms with Gasteiger partial charge in [0.25, 0.3) is 5.22 Å². The Morgan fingerprint density at radius 1 is 1.26 bits per heavy atom. The first kappa shape index (κ1) is 13.2. The van der Waals surface area contributed by atoms with Crippen molar-refractivity contribution in [3.05, 3.63) is 18.2 Å². The lowest BCUT2D eigenvalue weighted by atomic mass is 10.2. The Kier molecular flexibility index (Phi) is 4.26. The second-order valence-electron chi connectivity index (χ2n) is 3.39. The summed E-state index contributed by atoms with van der Waals surface area (Å²) in [6, 6.07) is 7.32. The standard InChI is InChI=1S/C12H11N3O3S/c1-16-9-4-3-8(7-10(9)17-2)11-14-15-12(18-11)19-6-5-13/h3-4,7H,6H2,1-2H3. The van der Waals surface area contributed by atoms with Gasteiger partial charge in [-0.1, -0.05) is 11.8 Å². The second kappa shape index (κ2) is 6.11. The van der Waals surface area contributed by atoms with Gasteiger partial charge in [-0.15, -0.1) is 10.2 Å². The second-order valence-corrected chi connectivity index (χ2v) is 4.32. The van der Waals surface area contributed by atoms with Crippen LogP contribution >= 0.6 is 11.8 Å². The normalized spacial score (nSPS) is 9.95. The van der Waals surface area contributed by atoms with Gasteiger partial charge in [0.05, 0.1) is 26.0 Å². The van der Waals surface area contributed by atoms with Crippen LogP contribution in [0.15, 0.2) is 27.8 Å². The molecular formula is C12H11N3O3S. The quantitative estimate of drug-likeness (QED) is 0.776. The Morgan fingerprint density at radius 2 is 2.05 bits per heavy atom. The molecule has 0 unspecified atom stereocenters. The number of aromatic nitrogens is 2. The molecule has 0 N–H and O–H groups in total. The van der Waals surface area contributed by atoms with E-state index in [0.29, 0.717) is 22.6 Å². The highest BCUT2D eigenvalue weighted by Crippen LogP contribution is 2.32. The van der Waals surface area contributed by atoms with Gasteiger partial charge in [0.15, 0.2) is 11.5 Å². The molecule has 0 bridgehead atoms. The summed E-state index contributed by atoms with van der Waals surface area (Å²) < 4.78 is 15.8. The molecule has 6 nitrogen and oxygen atoms in total. The van der Waals surface area contributed by atoms with E-state index in [2.05, 4.69) is 10.2 Å². The van der Waals surface area contributed by atoms with Gasteiger partial charge in [-0.05, 0) is 18.2 Å². The van der Waals surface area contributed by atoms with Crippen LogP contribution in [0.25, 0.3) is 11.5 Å². The van der Waals surface area contributed by atoms with E-state index in [4.69, 9.17) is 19.2 Å². The predicted octanol–water partition coefficient (Wildman–Crippen LogP) is 2.37. The van der Waals surface area contributed by atoms with Crippen molar-refractivity contribution in [3.63, 3.8) is 0 Å². The molecule has 0 fully saturated rings. The van der Waals surface area contributed by atoms with E-state index in [1.165, 1.54) is 11.8 Å². The van der Waals surface area contributed by atoms with Gasteiger partial charge in [0.1, 0.15) is 0 Å². The number of rotatable bonds is 5. The molecule has 2 rings (SSSR count). The summed E-state index contributed by atoms with van der Waals surface area (Å²) >= 11 is 1.20. The van der Waals surface area contributed by atoms with Gasteiger partial charge in [0.2, 0.25) is 5.89 Å². The van der Waals surface area contributed by atoms with Gasteiger partial charge in [0, 0.05) is 5.56 Å². The molecule has 19 heavy (non-hydrogen) atoms. The Hall–Kier alpha value is -2.20. The van der Waals surface area contributed by atoms with Crippen LogP contribution in [0.1, 0.15) is 0 Å². The SMILES string of the molecule is COc1ccc(-c2nnc(SCC#N)o2)cc1OC. The topological polar surface area (TPSA) is 81.2 Å². The lowest BCUT2D eigenvalue weighted by molar-refractivity contribution is 0.355. The molecule has 2 aromatic rings. The van der Waals surface area contributed by atoms with Crippen molar-refractivity contribution in [3.8, 4) is 29.0 Å². The van der Waals surface area contributed by atoms with Crippen LogP contribution in [0.5, 0.6) is 11.5 Å². The molecule has 7 heteroatoms. The van der Waals surface area contributed by atoms with E-state index in [-0.39, 0.29) is 5.75 Å². The third-order valence-corrected chi connectivity index (χ3v) is 2.98. The highest BCUT2D eigenvalue weighted by Gasteiger charge is 2.12. The first-order valence-electron chi connectivity index (χ1n) is 5.34. The van der Waals surface area contributed by atoms with Gasteiger partial charge in [-0.2, -0.15) is 5.26 Å². The van der Waals surface area contributed by atoms with Crippen LogP contribution in [-0.2, 0) is 0 Å². The molecule has 0 atom stereocenters. The van der Waals surface area contributed by atoms with Gasteiger partial charge >= 0.3 is 0 Å². The third-order valence-electron chi connectivity index (χ3n) is 2.30. The molecule has 0 saturated carbocycles. The number of hydrogen-bond acceptors (Lipinski definition) is 7. The molecule has 0 aliphatic heterocycles. The van der Waals surface area contributed by atoms with E-state index in [1.807, 2.05) is 6.07 Å². The van der Waals surface area contributed by atoms with Crippen LogP contribution in [0.2, 0.25) is 0 Å². The number of thioether (sulfide) groups is 1. The number of nitrogens with zero attached hydrogens (tertiary/aromatic N) is 3. The first-order chi connectivity index (χ1) is 9.28. The monoisotopic (exact) mass is 277 g/mol. The number of hydrogen-bond donors (Lipinski definition) is 0. The Morgan fingerprint density at radius 3 is 2.74 bits per heavy atom. The molecule has 0 aliphatic carbocycles. The lowest BCUT2D eigenvalue weighted by Crippen LogP contribution is -1.90. The third kappa shape index (κ3) is 2.98. The highest BCUT2D eigenvalue weighted by molar-refractivity contribution is 7.99. The number of ether oxygens (including phenoxy) is 2. The number of nitriles is 1. The zero-order chi connectivity index (χ0) is 13.7. The average molecular weight is 277 g/mol. The Labute approximate surface area is 114 Å². The van der Waals surface area contributed by atoms with Crippen molar-refractivity contribution in [2.24, 2.45) is 0 Å². The fourth-order valence-corrected chi connectivity index (χ4v) is 1.87. The van der Waals surface area contributed by atoms with E-state index >= 15 is 0 Å². The summed E-state index contributed by atoms with van der Waals surface area (Å²) in [5.74, 6) is 1.86. The van der Waals surface area contributed by atoms with Crippen LogP contribution in [0, 0.1) is 11.3 Å². The molecule has 0 radical (unpaired) electrons. The molecule has 1 aromatic heterocycles. The minimum absolute atomic E-state index is 0.271. The van der Waals surface area contributed by atoms with Gasteiger partial charge in [-0.3, -0.25) is 0 Å². The summed E-state index contributed by atoms with van der Waals surface area (Å²) in [7, 11) is 3.13. The largest absolute Gasteiger partial charge is 0.493 e. The van der Waals surface area contributed by atoms with Gasteiger partial charge < -0.3 is 13.9 Å². The zero-order valence-corrected chi connectivity index (χ0v) is 11.2. The fraction of sp³-hybridized carbons (Fsp3) is 0.250. The van der Waals surface area contributed by atoms with Crippen LogP contribution in [-0.4, -0.2) is 30.2 Å².